The highest BCUT2D eigenvalue weighted by Gasteiger charge is 2.18. The molecule has 1 saturated heterocycles. The Kier molecular flexibility index (Phi) is 3.66. The van der Waals surface area contributed by atoms with Crippen LogP contribution in [0.1, 0.15) is 25.3 Å². The van der Waals surface area contributed by atoms with E-state index < -0.39 is 0 Å². The summed E-state index contributed by atoms with van der Waals surface area (Å²) in [5.74, 6) is 1.64. The quantitative estimate of drug-likeness (QED) is 0.863. The lowest BCUT2D eigenvalue weighted by Crippen LogP contribution is -2.34. The Balaban J connectivity index is 2.19. The van der Waals surface area contributed by atoms with E-state index in [0.29, 0.717) is 10.9 Å². The Morgan fingerprint density at radius 3 is 3.12 bits per heavy atom. The number of anilines is 1. The van der Waals surface area contributed by atoms with Gasteiger partial charge in [0.25, 0.3) is 0 Å². The number of hydrogen-bond acceptors (Lipinski definition) is 3. The summed E-state index contributed by atoms with van der Waals surface area (Å²) in [6.07, 6.45) is 4.12. The maximum atomic E-state index is 9.16. The standard InChI is InChI=1S/C12H17ClN2O/c1-9-3-2-4-15(7-9)12-5-10(8-16)11(13)6-14-12/h5-6,9,16H,2-4,7-8H2,1H3. The maximum Gasteiger partial charge on any atom is 0.128 e. The van der Waals surface area contributed by atoms with Gasteiger partial charge in [0.15, 0.2) is 0 Å². The third-order valence-corrected chi connectivity index (χ3v) is 3.41. The van der Waals surface area contributed by atoms with Crippen molar-refractivity contribution in [2.75, 3.05) is 18.0 Å². The molecule has 1 aromatic rings. The Morgan fingerprint density at radius 1 is 1.62 bits per heavy atom. The molecule has 1 N–H and O–H groups in total. The van der Waals surface area contributed by atoms with Gasteiger partial charge < -0.3 is 10.0 Å². The highest BCUT2D eigenvalue weighted by Crippen LogP contribution is 2.24. The molecular formula is C12H17ClN2O. The van der Waals surface area contributed by atoms with Crippen LogP contribution in [0.4, 0.5) is 5.82 Å². The van der Waals surface area contributed by atoms with Gasteiger partial charge in [-0.15, -0.1) is 0 Å². The van der Waals surface area contributed by atoms with Gasteiger partial charge in [0, 0.05) is 24.8 Å². The van der Waals surface area contributed by atoms with Gasteiger partial charge >= 0.3 is 0 Å². The summed E-state index contributed by atoms with van der Waals surface area (Å²) in [7, 11) is 0. The van der Waals surface area contributed by atoms with Gasteiger partial charge in [-0.25, -0.2) is 4.98 Å². The molecule has 0 radical (unpaired) electrons. The first-order valence-electron chi connectivity index (χ1n) is 5.71. The summed E-state index contributed by atoms with van der Waals surface area (Å²) in [6.45, 7) is 4.32. The van der Waals surface area contributed by atoms with E-state index in [9.17, 15) is 0 Å². The molecule has 0 bridgehead atoms. The first kappa shape index (κ1) is 11.7. The van der Waals surface area contributed by atoms with E-state index >= 15 is 0 Å². The fourth-order valence-corrected chi connectivity index (χ4v) is 2.32. The van der Waals surface area contributed by atoms with Crippen molar-refractivity contribution in [2.24, 2.45) is 5.92 Å². The number of piperidine rings is 1. The minimum absolute atomic E-state index is 0.0300. The van der Waals surface area contributed by atoms with Crippen LogP contribution in [0, 0.1) is 5.92 Å². The van der Waals surface area contributed by atoms with Gasteiger partial charge in [0.2, 0.25) is 0 Å². The predicted molar refractivity (Wildman–Crippen MR) is 65.8 cm³/mol. The lowest BCUT2D eigenvalue weighted by molar-refractivity contribution is 0.282. The molecule has 0 aromatic carbocycles. The molecule has 1 unspecified atom stereocenters. The number of halogens is 1. The van der Waals surface area contributed by atoms with Crippen molar-refractivity contribution in [3.05, 3.63) is 22.8 Å². The zero-order valence-electron chi connectivity index (χ0n) is 9.49. The second-order valence-corrected chi connectivity index (χ2v) is 4.89. The predicted octanol–water partition coefficient (Wildman–Crippen LogP) is 2.46. The molecular weight excluding hydrogens is 224 g/mol. The van der Waals surface area contributed by atoms with E-state index in [-0.39, 0.29) is 6.61 Å². The van der Waals surface area contributed by atoms with Crippen LogP contribution in [0.5, 0.6) is 0 Å². The van der Waals surface area contributed by atoms with Crippen LogP contribution in [0.25, 0.3) is 0 Å². The van der Waals surface area contributed by atoms with Crippen LogP contribution in [0.2, 0.25) is 5.02 Å². The van der Waals surface area contributed by atoms with Crippen molar-refractivity contribution in [3.8, 4) is 0 Å². The van der Waals surface area contributed by atoms with Crippen LogP contribution < -0.4 is 4.90 Å². The molecule has 0 amide bonds. The van der Waals surface area contributed by atoms with Crippen molar-refractivity contribution in [2.45, 2.75) is 26.4 Å². The Morgan fingerprint density at radius 2 is 2.44 bits per heavy atom. The fourth-order valence-electron chi connectivity index (χ4n) is 2.16. The molecule has 2 rings (SSSR count). The maximum absolute atomic E-state index is 9.16. The van der Waals surface area contributed by atoms with Crippen molar-refractivity contribution in [1.29, 1.82) is 0 Å². The highest BCUT2D eigenvalue weighted by atomic mass is 35.5. The first-order chi connectivity index (χ1) is 7.70. The van der Waals surface area contributed by atoms with Crippen LogP contribution in [0.15, 0.2) is 12.3 Å². The summed E-state index contributed by atoms with van der Waals surface area (Å²) in [4.78, 5) is 6.60. The van der Waals surface area contributed by atoms with E-state index in [1.807, 2.05) is 6.07 Å². The molecule has 1 fully saturated rings. The van der Waals surface area contributed by atoms with E-state index in [1.165, 1.54) is 12.8 Å². The molecule has 88 valence electrons. The van der Waals surface area contributed by atoms with E-state index in [2.05, 4.69) is 16.8 Å². The minimum Gasteiger partial charge on any atom is -0.392 e. The zero-order chi connectivity index (χ0) is 11.5. The number of pyridine rings is 1. The second kappa shape index (κ2) is 5.02. The molecule has 0 aliphatic carbocycles. The van der Waals surface area contributed by atoms with Crippen LogP contribution in [-0.4, -0.2) is 23.2 Å². The molecule has 1 atom stereocenters. The first-order valence-corrected chi connectivity index (χ1v) is 6.08. The average molecular weight is 241 g/mol. The number of aliphatic hydroxyl groups excluding tert-OH is 1. The number of rotatable bonds is 2. The van der Waals surface area contributed by atoms with Crippen LogP contribution >= 0.6 is 11.6 Å². The fraction of sp³-hybridized carbons (Fsp3) is 0.583. The number of nitrogens with zero attached hydrogens (tertiary/aromatic N) is 2. The molecule has 1 aromatic heterocycles. The monoisotopic (exact) mass is 240 g/mol. The summed E-state index contributed by atoms with van der Waals surface area (Å²) in [6, 6.07) is 1.89. The highest BCUT2D eigenvalue weighted by molar-refractivity contribution is 6.31. The third kappa shape index (κ3) is 2.47. The Bertz CT molecular complexity index is 370. The van der Waals surface area contributed by atoms with Gasteiger partial charge in [-0.2, -0.15) is 0 Å². The normalized spacial score (nSPS) is 21.2. The third-order valence-electron chi connectivity index (χ3n) is 3.07. The summed E-state index contributed by atoms with van der Waals surface area (Å²) in [5, 5.41) is 9.70. The van der Waals surface area contributed by atoms with Crippen molar-refractivity contribution >= 4 is 17.4 Å². The lowest BCUT2D eigenvalue weighted by atomic mass is 10.0. The van der Waals surface area contributed by atoms with Crippen LogP contribution in [0.3, 0.4) is 0 Å². The van der Waals surface area contributed by atoms with Crippen molar-refractivity contribution < 1.29 is 5.11 Å². The molecule has 1 aliphatic rings. The van der Waals surface area contributed by atoms with Gasteiger partial charge in [0.05, 0.1) is 11.6 Å². The second-order valence-electron chi connectivity index (χ2n) is 4.49. The van der Waals surface area contributed by atoms with E-state index in [1.54, 1.807) is 6.20 Å². The molecule has 16 heavy (non-hydrogen) atoms. The topological polar surface area (TPSA) is 36.4 Å². The summed E-state index contributed by atoms with van der Waals surface area (Å²) in [5.41, 5.74) is 0.755. The van der Waals surface area contributed by atoms with Gasteiger partial charge in [-0.1, -0.05) is 18.5 Å². The van der Waals surface area contributed by atoms with Crippen molar-refractivity contribution in [1.82, 2.24) is 4.98 Å². The molecule has 1 aliphatic heterocycles. The smallest absolute Gasteiger partial charge is 0.128 e. The summed E-state index contributed by atoms with van der Waals surface area (Å²) >= 11 is 5.92. The molecule has 3 nitrogen and oxygen atoms in total. The number of aromatic nitrogens is 1. The average Bonchev–Trinajstić information content (AvgIpc) is 2.29. The Hall–Kier alpha value is -0.800. The SMILES string of the molecule is CC1CCCN(c2cc(CO)c(Cl)cn2)C1. The number of hydrogen-bond donors (Lipinski definition) is 1. The molecule has 0 saturated carbocycles. The van der Waals surface area contributed by atoms with E-state index in [0.717, 1.165) is 24.5 Å². The largest absolute Gasteiger partial charge is 0.392 e. The number of aliphatic hydroxyl groups is 1. The molecule has 2 heterocycles. The van der Waals surface area contributed by atoms with Crippen LogP contribution in [-0.2, 0) is 6.61 Å². The van der Waals surface area contributed by atoms with Gasteiger partial charge in [0.1, 0.15) is 5.82 Å². The molecule has 0 spiro atoms. The van der Waals surface area contributed by atoms with Gasteiger partial charge in [-0.3, -0.25) is 0 Å². The zero-order valence-corrected chi connectivity index (χ0v) is 10.2. The van der Waals surface area contributed by atoms with Gasteiger partial charge in [-0.05, 0) is 24.8 Å². The van der Waals surface area contributed by atoms with Crippen molar-refractivity contribution in [3.63, 3.8) is 0 Å². The minimum atomic E-state index is -0.0300. The lowest BCUT2D eigenvalue weighted by Gasteiger charge is -2.32. The molecule has 4 heteroatoms. The summed E-state index contributed by atoms with van der Waals surface area (Å²) < 4.78 is 0. The Labute approximate surface area is 101 Å². The van der Waals surface area contributed by atoms with E-state index in [4.69, 9.17) is 16.7 Å².